The van der Waals surface area contributed by atoms with Gasteiger partial charge < -0.3 is 19.4 Å². The van der Waals surface area contributed by atoms with Gasteiger partial charge in [-0.3, -0.25) is 9.69 Å². The Morgan fingerprint density at radius 3 is 2.23 bits per heavy atom. The van der Waals surface area contributed by atoms with Crippen LogP contribution in [0.2, 0.25) is 0 Å². The molecule has 31 heavy (non-hydrogen) atoms. The van der Waals surface area contributed by atoms with Gasteiger partial charge in [0.1, 0.15) is 11.1 Å². The third kappa shape index (κ3) is 3.98. The topological polar surface area (TPSA) is 83.1 Å². The van der Waals surface area contributed by atoms with E-state index in [0.29, 0.717) is 17.9 Å². The molecule has 2 N–H and O–H groups in total. The fourth-order valence-corrected chi connectivity index (χ4v) is 3.71. The first-order valence-electron chi connectivity index (χ1n) is 9.86. The molecular formula is C25H23NO5. The van der Waals surface area contributed by atoms with Crippen molar-refractivity contribution in [2.75, 3.05) is 14.2 Å². The molecule has 0 saturated heterocycles. The molecule has 0 bridgehead atoms. The van der Waals surface area contributed by atoms with Gasteiger partial charge in [-0.25, -0.2) is 0 Å². The van der Waals surface area contributed by atoms with Gasteiger partial charge in [-0.1, -0.05) is 60.7 Å². The number of nitrogens with zero attached hydrogens (tertiary/aromatic N) is 1. The molecule has 0 unspecified atom stereocenters. The summed E-state index contributed by atoms with van der Waals surface area (Å²) >= 11 is 0. The zero-order valence-electron chi connectivity index (χ0n) is 17.3. The number of fused-ring (bicyclic) bond motifs is 1. The summed E-state index contributed by atoms with van der Waals surface area (Å²) in [6.45, 7) is 0.891. The molecule has 0 atom stereocenters. The van der Waals surface area contributed by atoms with Crippen molar-refractivity contribution in [2.24, 2.45) is 0 Å². The van der Waals surface area contributed by atoms with Crippen LogP contribution in [0.4, 0.5) is 0 Å². The second-order valence-electron chi connectivity index (χ2n) is 7.41. The second kappa shape index (κ2) is 8.53. The first kappa shape index (κ1) is 20.5. The van der Waals surface area contributed by atoms with Crippen molar-refractivity contribution in [1.29, 1.82) is 0 Å². The molecule has 4 aromatic rings. The molecule has 1 aromatic heterocycles. The van der Waals surface area contributed by atoms with Crippen LogP contribution in [0.15, 0.2) is 75.9 Å². The molecule has 0 radical (unpaired) electrons. The van der Waals surface area contributed by atoms with Crippen LogP contribution in [-0.2, 0) is 13.1 Å². The molecule has 1 heterocycles. The summed E-state index contributed by atoms with van der Waals surface area (Å²) in [5.74, 6) is -0.469. The van der Waals surface area contributed by atoms with E-state index in [1.165, 1.54) is 13.2 Å². The summed E-state index contributed by atoms with van der Waals surface area (Å²) in [4.78, 5) is 14.9. The van der Waals surface area contributed by atoms with Crippen LogP contribution in [0.3, 0.4) is 0 Å². The summed E-state index contributed by atoms with van der Waals surface area (Å²) in [5.41, 5.74) is 1.92. The summed E-state index contributed by atoms with van der Waals surface area (Å²) < 4.78 is 11.3. The van der Waals surface area contributed by atoms with Crippen molar-refractivity contribution in [3.05, 3.63) is 88.1 Å². The monoisotopic (exact) mass is 417 g/mol. The van der Waals surface area contributed by atoms with Crippen molar-refractivity contribution in [1.82, 2.24) is 4.90 Å². The number of phenolic OH excluding ortho intramolecular Hbond substituents is 2. The van der Waals surface area contributed by atoms with Gasteiger partial charge in [0.25, 0.3) is 0 Å². The van der Waals surface area contributed by atoms with E-state index < -0.39 is 11.2 Å². The van der Waals surface area contributed by atoms with Gasteiger partial charge in [-0.05, 0) is 12.6 Å². The number of ether oxygens (including phenoxy) is 1. The molecule has 0 amide bonds. The molecular weight excluding hydrogens is 394 g/mol. The van der Waals surface area contributed by atoms with Crippen LogP contribution in [0.1, 0.15) is 11.1 Å². The Morgan fingerprint density at radius 1 is 0.935 bits per heavy atom. The first-order chi connectivity index (χ1) is 15.0. The molecule has 4 rings (SSSR count). The van der Waals surface area contributed by atoms with E-state index in [9.17, 15) is 15.0 Å². The average Bonchev–Trinajstić information content (AvgIpc) is 2.78. The molecule has 0 aliphatic carbocycles. The lowest BCUT2D eigenvalue weighted by Crippen LogP contribution is -2.18. The van der Waals surface area contributed by atoms with Crippen LogP contribution in [0.5, 0.6) is 17.2 Å². The summed E-state index contributed by atoms with van der Waals surface area (Å²) in [6.07, 6.45) is 0. The van der Waals surface area contributed by atoms with Gasteiger partial charge in [-0.15, -0.1) is 0 Å². The molecule has 6 heteroatoms. The SMILES string of the molecule is COc1c(O)c(CN(C)Cc2ccccc2)c2oc(-c3ccccc3)cc(=O)c2c1O. The molecule has 0 aliphatic heterocycles. The van der Waals surface area contributed by atoms with Crippen LogP contribution < -0.4 is 10.2 Å². The molecule has 6 nitrogen and oxygen atoms in total. The van der Waals surface area contributed by atoms with Crippen molar-refractivity contribution in [3.63, 3.8) is 0 Å². The van der Waals surface area contributed by atoms with E-state index in [0.717, 1.165) is 11.1 Å². The third-order valence-electron chi connectivity index (χ3n) is 5.16. The van der Waals surface area contributed by atoms with Gasteiger partial charge in [0.15, 0.2) is 22.5 Å². The predicted octanol–water partition coefficient (Wildman–Crippen LogP) is 4.51. The van der Waals surface area contributed by atoms with Gasteiger partial charge in [0.05, 0.1) is 12.7 Å². The maximum Gasteiger partial charge on any atom is 0.204 e. The smallest absolute Gasteiger partial charge is 0.204 e. The average molecular weight is 417 g/mol. The molecule has 0 saturated carbocycles. The number of methoxy groups -OCH3 is 1. The highest BCUT2D eigenvalue weighted by Gasteiger charge is 2.25. The second-order valence-corrected chi connectivity index (χ2v) is 7.41. The number of benzene rings is 3. The number of rotatable bonds is 6. The highest BCUT2D eigenvalue weighted by molar-refractivity contribution is 5.92. The molecule has 0 spiro atoms. The van der Waals surface area contributed by atoms with Gasteiger partial charge >= 0.3 is 0 Å². The quantitative estimate of drug-likeness (QED) is 0.480. The Morgan fingerprint density at radius 2 is 1.58 bits per heavy atom. The zero-order valence-corrected chi connectivity index (χ0v) is 17.3. The zero-order chi connectivity index (χ0) is 22.0. The van der Waals surface area contributed by atoms with Gasteiger partial charge in [0, 0.05) is 24.7 Å². The maximum absolute atomic E-state index is 12.9. The Labute approximate surface area is 179 Å². The van der Waals surface area contributed by atoms with Crippen LogP contribution >= 0.6 is 0 Å². The normalized spacial score (nSPS) is 11.2. The largest absolute Gasteiger partial charge is 0.504 e. The van der Waals surface area contributed by atoms with E-state index in [-0.39, 0.29) is 29.0 Å². The summed E-state index contributed by atoms with van der Waals surface area (Å²) in [7, 11) is 3.23. The number of phenols is 2. The lowest BCUT2D eigenvalue weighted by Gasteiger charge is -2.20. The fourth-order valence-electron chi connectivity index (χ4n) is 3.71. The first-order valence-corrected chi connectivity index (χ1v) is 9.86. The van der Waals surface area contributed by atoms with E-state index in [1.54, 1.807) is 0 Å². The van der Waals surface area contributed by atoms with Crippen molar-refractivity contribution >= 4 is 11.0 Å². The van der Waals surface area contributed by atoms with E-state index in [1.807, 2.05) is 72.6 Å². The molecule has 3 aromatic carbocycles. The predicted molar refractivity (Wildman–Crippen MR) is 119 cm³/mol. The van der Waals surface area contributed by atoms with Crippen LogP contribution in [0.25, 0.3) is 22.3 Å². The summed E-state index contributed by atoms with van der Waals surface area (Å²) in [5, 5.41) is 21.5. The van der Waals surface area contributed by atoms with Crippen LogP contribution in [-0.4, -0.2) is 29.3 Å². The van der Waals surface area contributed by atoms with Crippen LogP contribution in [0, 0.1) is 0 Å². The summed E-state index contributed by atoms with van der Waals surface area (Å²) in [6, 6.07) is 20.5. The van der Waals surface area contributed by atoms with Crippen molar-refractivity contribution in [2.45, 2.75) is 13.1 Å². The fraction of sp³-hybridized carbons (Fsp3) is 0.160. The number of aromatic hydroxyl groups is 2. The van der Waals surface area contributed by atoms with Crippen molar-refractivity contribution in [3.8, 4) is 28.6 Å². The van der Waals surface area contributed by atoms with E-state index in [4.69, 9.17) is 9.15 Å². The lowest BCUT2D eigenvalue weighted by molar-refractivity contribution is 0.304. The number of hydrogen-bond donors (Lipinski definition) is 2. The Kier molecular flexibility index (Phi) is 5.64. The molecule has 0 fully saturated rings. The number of hydrogen-bond acceptors (Lipinski definition) is 6. The Bertz CT molecular complexity index is 1270. The highest BCUT2D eigenvalue weighted by atomic mass is 16.5. The Hall–Kier alpha value is -3.77. The Balaban J connectivity index is 1.87. The van der Waals surface area contributed by atoms with Gasteiger partial charge in [0.2, 0.25) is 5.75 Å². The molecule has 0 aliphatic rings. The van der Waals surface area contributed by atoms with E-state index in [2.05, 4.69) is 0 Å². The van der Waals surface area contributed by atoms with Gasteiger partial charge in [-0.2, -0.15) is 0 Å². The molecule has 158 valence electrons. The standard InChI is InChI=1S/C25H23NO5/c1-26(14-16-9-5-3-6-10-16)15-18-22(28)25(30-2)23(29)21-19(27)13-20(31-24(18)21)17-11-7-4-8-12-17/h3-13,28-29H,14-15H2,1-2H3. The van der Waals surface area contributed by atoms with Crippen molar-refractivity contribution < 1.29 is 19.4 Å². The maximum atomic E-state index is 12.9. The minimum atomic E-state index is -0.433. The third-order valence-corrected chi connectivity index (χ3v) is 5.16. The van der Waals surface area contributed by atoms with E-state index >= 15 is 0 Å². The minimum absolute atomic E-state index is 0.0163. The lowest BCUT2D eigenvalue weighted by atomic mass is 10.0. The minimum Gasteiger partial charge on any atom is -0.504 e. The highest BCUT2D eigenvalue weighted by Crippen LogP contribution is 2.45.